The maximum Gasteiger partial charge on any atom is 0.243 e. The fraction of sp³-hybridized carbons (Fsp3) is 0.333. The lowest BCUT2D eigenvalue weighted by molar-refractivity contribution is -0.118. The Bertz CT molecular complexity index is 554. The van der Waals surface area contributed by atoms with E-state index in [0.717, 1.165) is 4.31 Å². The first kappa shape index (κ1) is 16.1. The van der Waals surface area contributed by atoms with Crippen molar-refractivity contribution in [1.82, 2.24) is 4.31 Å². The summed E-state index contributed by atoms with van der Waals surface area (Å²) in [5.41, 5.74) is 10.1. The Balaban J connectivity index is 2.95. The molecule has 0 aromatic heterocycles. The number of primary amides is 2. The van der Waals surface area contributed by atoms with Crippen LogP contribution in [-0.4, -0.2) is 37.6 Å². The van der Waals surface area contributed by atoms with Crippen LogP contribution in [0.3, 0.4) is 0 Å². The van der Waals surface area contributed by atoms with Crippen molar-refractivity contribution in [3.63, 3.8) is 0 Å². The molecule has 0 aliphatic rings. The van der Waals surface area contributed by atoms with E-state index in [4.69, 9.17) is 11.5 Å². The Hall–Kier alpha value is -1.93. The zero-order valence-electron chi connectivity index (χ0n) is 10.9. The Morgan fingerprint density at radius 3 is 1.80 bits per heavy atom. The highest BCUT2D eigenvalue weighted by molar-refractivity contribution is 7.89. The van der Waals surface area contributed by atoms with E-state index in [1.165, 1.54) is 12.1 Å². The molecular weight excluding hydrogens is 282 g/mol. The van der Waals surface area contributed by atoms with Crippen LogP contribution in [-0.2, 0) is 19.6 Å². The molecule has 0 unspecified atom stereocenters. The Morgan fingerprint density at radius 2 is 1.40 bits per heavy atom. The predicted molar refractivity (Wildman–Crippen MR) is 72.8 cm³/mol. The van der Waals surface area contributed by atoms with Crippen molar-refractivity contribution in [3.8, 4) is 0 Å². The summed E-state index contributed by atoms with van der Waals surface area (Å²) in [5, 5.41) is 0. The molecule has 0 spiro atoms. The number of rotatable bonds is 8. The average Bonchev–Trinajstić information content (AvgIpc) is 2.38. The first-order chi connectivity index (χ1) is 9.34. The quantitative estimate of drug-likeness (QED) is 0.667. The number of sulfonamides is 1. The molecule has 4 N–H and O–H groups in total. The predicted octanol–water partition coefficient (Wildman–Crippen LogP) is -0.572. The van der Waals surface area contributed by atoms with Crippen LogP contribution in [0.2, 0.25) is 0 Å². The van der Waals surface area contributed by atoms with Gasteiger partial charge in [0.05, 0.1) is 4.90 Å². The molecule has 2 amide bonds. The van der Waals surface area contributed by atoms with Gasteiger partial charge >= 0.3 is 0 Å². The van der Waals surface area contributed by atoms with Crippen LogP contribution in [0.5, 0.6) is 0 Å². The molecule has 0 aliphatic heterocycles. The first-order valence-electron chi connectivity index (χ1n) is 5.96. The minimum Gasteiger partial charge on any atom is -0.370 e. The van der Waals surface area contributed by atoms with Crippen molar-refractivity contribution in [2.75, 3.05) is 13.1 Å². The highest BCUT2D eigenvalue weighted by Crippen LogP contribution is 2.15. The third kappa shape index (κ3) is 4.63. The molecule has 0 heterocycles. The normalized spacial score (nSPS) is 11.4. The van der Waals surface area contributed by atoms with Crippen molar-refractivity contribution in [2.24, 2.45) is 11.5 Å². The lowest BCUT2D eigenvalue weighted by atomic mass is 10.3. The number of nitrogens with two attached hydrogens (primary N) is 2. The summed E-state index contributed by atoms with van der Waals surface area (Å²) in [5.74, 6) is -1.23. The minimum absolute atomic E-state index is 0.0835. The maximum atomic E-state index is 12.4. The van der Waals surface area contributed by atoms with Crippen LogP contribution in [0.1, 0.15) is 12.8 Å². The topological polar surface area (TPSA) is 124 Å². The van der Waals surface area contributed by atoms with E-state index in [1.807, 2.05) is 0 Å². The fourth-order valence-corrected chi connectivity index (χ4v) is 3.03. The summed E-state index contributed by atoms with van der Waals surface area (Å²) in [6, 6.07) is 7.75. The van der Waals surface area contributed by atoms with Gasteiger partial charge in [0.2, 0.25) is 21.8 Å². The van der Waals surface area contributed by atoms with Gasteiger partial charge in [0.1, 0.15) is 0 Å². The van der Waals surface area contributed by atoms with Crippen LogP contribution in [0, 0.1) is 0 Å². The SMILES string of the molecule is NC(=O)CCN(CCC(N)=O)S(=O)(=O)c1ccccc1. The molecule has 0 aliphatic carbocycles. The van der Waals surface area contributed by atoms with Crippen molar-refractivity contribution in [2.45, 2.75) is 17.7 Å². The second kappa shape index (κ2) is 7.01. The number of amides is 2. The van der Waals surface area contributed by atoms with Gasteiger partial charge in [-0.1, -0.05) is 18.2 Å². The van der Waals surface area contributed by atoms with E-state index >= 15 is 0 Å². The van der Waals surface area contributed by atoms with Crippen LogP contribution in [0.4, 0.5) is 0 Å². The van der Waals surface area contributed by atoms with E-state index in [0.29, 0.717) is 0 Å². The number of nitrogens with zero attached hydrogens (tertiary/aromatic N) is 1. The standard InChI is InChI=1S/C12H17N3O4S/c13-11(16)6-8-15(9-7-12(14)17)20(18,19)10-4-2-1-3-5-10/h1-5H,6-9H2,(H2,13,16)(H2,14,17). The van der Waals surface area contributed by atoms with Gasteiger partial charge < -0.3 is 11.5 Å². The third-order valence-electron chi connectivity index (χ3n) is 2.60. The Kier molecular flexibility index (Phi) is 5.66. The Labute approximate surface area is 117 Å². The number of carbonyl (C=O) groups excluding carboxylic acids is 2. The largest absolute Gasteiger partial charge is 0.370 e. The first-order valence-corrected chi connectivity index (χ1v) is 7.40. The van der Waals surface area contributed by atoms with E-state index in [9.17, 15) is 18.0 Å². The van der Waals surface area contributed by atoms with Crippen LogP contribution < -0.4 is 11.5 Å². The van der Waals surface area contributed by atoms with E-state index in [-0.39, 0.29) is 30.8 Å². The summed E-state index contributed by atoms with van der Waals surface area (Å²) in [6.45, 7) is -0.167. The number of hydrogen-bond donors (Lipinski definition) is 2. The molecule has 0 saturated carbocycles. The molecular formula is C12H17N3O4S. The van der Waals surface area contributed by atoms with Gasteiger partial charge in [0, 0.05) is 25.9 Å². The monoisotopic (exact) mass is 299 g/mol. The zero-order chi connectivity index (χ0) is 15.2. The van der Waals surface area contributed by atoms with Crippen molar-refractivity contribution in [1.29, 1.82) is 0 Å². The third-order valence-corrected chi connectivity index (χ3v) is 4.51. The van der Waals surface area contributed by atoms with Gasteiger partial charge in [-0.05, 0) is 12.1 Å². The van der Waals surface area contributed by atoms with Gasteiger partial charge in [0.25, 0.3) is 0 Å². The zero-order valence-corrected chi connectivity index (χ0v) is 11.7. The molecule has 0 bridgehead atoms. The van der Waals surface area contributed by atoms with Gasteiger partial charge in [-0.2, -0.15) is 4.31 Å². The smallest absolute Gasteiger partial charge is 0.243 e. The second-order valence-electron chi connectivity index (χ2n) is 4.15. The van der Waals surface area contributed by atoms with Crippen molar-refractivity contribution in [3.05, 3.63) is 30.3 Å². The molecule has 0 saturated heterocycles. The summed E-state index contributed by atoms with van der Waals surface area (Å²) < 4.78 is 25.8. The van der Waals surface area contributed by atoms with E-state index in [1.54, 1.807) is 18.2 Å². The molecule has 7 nitrogen and oxygen atoms in total. The van der Waals surface area contributed by atoms with Gasteiger partial charge in [-0.25, -0.2) is 8.42 Å². The lowest BCUT2D eigenvalue weighted by Gasteiger charge is -2.21. The van der Waals surface area contributed by atoms with E-state index in [2.05, 4.69) is 0 Å². The fourth-order valence-electron chi connectivity index (χ4n) is 1.56. The summed E-state index contributed by atoms with van der Waals surface area (Å²) in [4.78, 5) is 21.7. The summed E-state index contributed by atoms with van der Waals surface area (Å²) in [6.07, 6.45) is -0.240. The molecule has 110 valence electrons. The molecule has 1 rings (SSSR count). The molecule has 1 aromatic carbocycles. The Morgan fingerprint density at radius 1 is 0.950 bits per heavy atom. The summed E-state index contributed by atoms with van der Waals surface area (Å²) >= 11 is 0. The number of benzene rings is 1. The molecule has 8 heteroatoms. The van der Waals surface area contributed by atoms with Gasteiger partial charge in [-0.15, -0.1) is 0 Å². The highest BCUT2D eigenvalue weighted by atomic mass is 32.2. The lowest BCUT2D eigenvalue weighted by Crippen LogP contribution is -2.36. The number of hydrogen-bond acceptors (Lipinski definition) is 4. The van der Waals surface area contributed by atoms with Crippen molar-refractivity contribution >= 4 is 21.8 Å². The average molecular weight is 299 g/mol. The molecule has 0 atom stereocenters. The molecule has 1 aromatic rings. The molecule has 0 radical (unpaired) electrons. The highest BCUT2D eigenvalue weighted by Gasteiger charge is 2.24. The van der Waals surface area contributed by atoms with Gasteiger partial charge in [-0.3, -0.25) is 9.59 Å². The molecule has 20 heavy (non-hydrogen) atoms. The number of carbonyl (C=O) groups is 2. The van der Waals surface area contributed by atoms with Crippen LogP contribution in [0.25, 0.3) is 0 Å². The van der Waals surface area contributed by atoms with Crippen molar-refractivity contribution < 1.29 is 18.0 Å². The maximum absolute atomic E-state index is 12.4. The van der Waals surface area contributed by atoms with Crippen LogP contribution >= 0.6 is 0 Å². The minimum atomic E-state index is -3.77. The van der Waals surface area contributed by atoms with E-state index < -0.39 is 21.8 Å². The van der Waals surface area contributed by atoms with Crippen LogP contribution in [0.15, 0.2) is 35.2 Å². The summed E-state index contributed by atoms with van der Waals surface area (Å²) in [7, 11) is -3.77. The molecule has 0 fully saturated rings. The second-order valence-corrected chi connectivity index (χ2v) is 6.09. The van der Waals surface area contributed by atoms with Gasteiger partial charge in [0.15, 0.2) is 0 Å².